The molecule has 0 saturated heterocycles. The first kappa shape index (κ1) is 20.7. The number of nitrogens with zero attached hydrogens (tertiary/aromatic N) is 2. The van der Waals surface area contributed by atoms with Crippen molar-refractivity contribution in [2.24, 2.45) is 0 Å². The lowest BCUT2D eigenvalue weighted by Crippen LogP contribution is -2.07. The van der Waals surface area contributed by atoms with Crippen LogP contribution in [-0.4, -0.2) is 35.6 Å². The van der Waals surface area contributed by atoms with E-state index >= 15 is 0 Å². The van der Waals surface area contributed by atoms with E-state index in [-0.39, 0.29) is 12.4 Å². The molecule has 0 N–H and O–H groups in total. The van der Waals surface area contributed by atoms with Gasteiger partial charge in [-0.2, -0.15) is 0 Å². The average molecular weight is 459 g/mol. The van der Waals surface area contributed by atoms with E-state index in [9.17, 15) is 9.59 Å². The lowest BCUT2D eigenvalue weighted by atomic mass is 10.2. The standard InChI is InChI=1S/C21H19BrN2O5/c1-3-28-19(25)11-10-17-20(24-16-9-6-14(22)12-18(16)23-17)29-15-7-4-13(5-8-15)21(26)27-2/h4-9,12H,3,10-11H2,1-2H3. The summed E-state index contributed by atoms with van der Waals surface area (Å²) < 4.78 is 16.5. The van der Waals surface area contributed by atoms with Crippen LogP contribution in [0.3, 0.4) is 0 Å². The number of methoxy groups -OCH3 is 1. The van der Waals surface area contributed by atoms with Crippen LogP contribution in [0.25, 0.3) is 11.0 Å². The average Bonchev–Trinajstić information content (AvgIpc) is 2.72. The fourth-order valence-corrected chi connectivity index (χ4v) is 2.98. The third-order valence-corrected chi connectivity index (χ3v) is 4.52. The first-order valence-corrected chi connectivity index (χ1v) is 9.77. The lowest BCUT2D eigenvalue weighted by molar-refractivity contribution is -0.143. The number of fused-ring (bicyclic) bond motifs is 1. The minimum absolute atomic E-state index is 0.166. The van der Waals surface area contributed by atoms with Gasteiger partial charge in [0.05, 0.1) is 36.7 Å². The topological polar surface area (TPSA) is 87.6 Å². The summed E-state index contributed by atoms with van der Waals surface area (Å²) in [6.45, 7) is 2.09. The Hall–Kier alpha value is -3.00. The van der Waals surface area contributed by atoms with Crippen LogP contribution in [0.2, 0.25) is 0 Å². The van der Waals surface area contributed by atoms with Crippen molar-refractivity contribution in [1.29, 1.82) is 0 Å². The molecule has 2 aromatic carbocycles. The maximum atomic E-state index is 11.8. The Kier molecular flexibility index (Phi) is 6.77. The van der Waals surface area contributed by atoms with Gasteiger partial charge < -0.3 is 14.2 Å². The molecule has 0 aliphatic heterocycles. The second-order valence-electron chi connectivity index (χ2n) is 6.03. The van der Waals surface area contributed by atoms with Gasteiger partial charge in [0.15, 0.2) is 0 Å². The zero-order chi connectivity index (χ0) is 20.8. The van der Waals surface area contributed by atoms with E-state index in [0.717, 1.165) is 4.47 Å². The summed E-state index contributed by atoms with van der Waals surface area (Å²) in [7, 11) is 1.32. The van der Waals surface area contributed by atoms with Gasteiger partial charge in [-0.3, -0.25) is 4.79 Å². The molecule has 150 valence electrons. The quantitative estimate of drug-likeness (QED) is 0.482. The Bertz CT molecular complexity index is 1040. The molecule has 0 fully saturated rings. The molecular formula is C21H19BrN2O5. The fraction of sp³-hybridized carbons (Fsp3) is 0.238. The van der Waals surface area contributed by atoms with Crippen LogP contribution in [0, 0.1) is 0 Å². The maximum absolute atomic E-state index is 11.8. The fourth-order valence-electron chi connectivity index (χ4n) is 2.63. The summed E-state index contributed by atoms with van der Waals surface area (Å²) in [6.07, 6.45) is 0.490. The Labute approximate surface area is 176 Å². The summed E-state index contributed by atoms with van der Waals surface area (Å²) in [5, 5.41) is 0. The second-order valence-corrected chi connectivity index (χ2v) is 6.95. The van der Waals surface area contributed by atoms with Crippen LogP contribution >= 0.6 is 15.9 Å². The van der Waals surface area contributed by atoms with Gasteiger partial charge >= 0.3 is 11.9 Å². The summed E-state index contributed by atoms with van der Waals surface area (Å²) in [5.41, 5.74) is 2.30. The van der Waals surface area contributed by atoms with Crippen LogP contribution in [-0.2, 0) is 20.7 Å². The monoisotopic (exact) mass is 458 g/mol. The number of aromatic nitrogens is 2. The first-order chi connectivity index (χ1) is 14.0. The molecule has 1 heterocycles. The molecule has 0 aliphatic carbocycles. The number of rotatable bonds is 7. The molecule has 7 nitrogen and oxygen atoms in total. The van der Waals surface area contributed by atoms with Gasteiger partial charge in [-0.1, -0.05) is 15.9 Å². The van der Waals surface area contributed by atoms with E-state index in [1.807, 2.05) is 18.2 Å². The summed E-state index contributed by atoms with van der Waals surface area (Å²) in [5.74, 6) is 0.0514. The van der Waals surface area contributed by atoms with Gasteiger partial charge in [0.2, 0.25) is 5.88 Å². The number of halogens is 1. The van der Waals surface area contributed by atoms with Crippen LogP contribution in [0.15, 0.2) is 46.9 Å². The van der Waals surface area contributed by atoms with Gasteiger partial charge in [0.1, 0.15) is 11.4 Å². The molecule has 0 unspecified atom stereocenters. The number of aryl methyl sites for hydroxylation is 1. The molecule has 0 atom stereocenters. The van der Waals surface area contributed by atoms with E-state index in [4.69, 9.17) is 14.2 Å². The van der Waals surface area contributed by atoms with Crippen molar-refractivity contribution in [3.05, 3.63) is 58.2 Å². The second kappa shape index (κ2) is 9.47. The van der Waals surface area contributed by atoms with Crippen molar-refractivity contribution in [3.63, 3.8) is 0 Å². The van der Waals surface area contributed by atoms with E-state index in [0.29, 0.717) is 46.9 Å². The van der Waals surface area contributed by atoms with Crippen LogP contribution in [0.4, 0.5) is 0 Å². The Morgan fingerprint density at radius 1 is 1.03 bits per heavy atom. The molecule has 0 bridgehead atoms. The minimum Gasteiger partial charge on any atom is -0.466 e. The molecule has 8 heteroatoms. The summed E-state index contributed by atoms with van der Waals surface area (Å²) >= 11 is 3.43. The highest BCUT2D eigenvalue weighted by Crippen LogP contribution is 2.27. The molecule has 1 aromatic heterocycles. The number of esters is 2. The highest BCUT2D eigenvalue weighted by Gasteiger charge is 2.15. The Balaban J connectivity index is 1.91. The number of hydrogen-bond acceptors (Lipinski definition) is 7. The van der Waals surface area contributed by atoms with Crippen molar-refractivity contribution in [3.8, 4) is 11.6 Å². The van der Waals surface area contributed by atoms with Gasteiger partial charge in [0, 0.05) is 10.9 Å². The molecular weight excluding hydrogens is 440 g/mol. The molecule has 29 heavy (non-hydrogen) atoms. The number of carbonyl (C=O) groups is 2. The van der Waals surface area contributed by atoms with Gasteiger partial charge in [-0.15, -0.1) is 0 Å². The molecule has 0 saturated carbocycles. The zero-order valence-corrected chi connectivity index (χ0v) is 17.6. The predicted octanol–water partition coefficient (Wildman–Crippen LogP) is 4.47. The molecule has 0 spiro atoms. The van der Waals surface area contributed by atoms with E-state index in [1.54, 1.807) is 31.2 Å². The molecule has 0 radical (unpaired) electrons. The predicted molar refractivity (Wildman–Crippen MR) is 110 cm³/mol. The van der Waals surface area contributed by atoms with Crippen molar-refractivity contribution in [2.75, 3.05) is 13.7 Å². The Morgan fingerprint density at radius 2 is 1.79 bits per heavy atom. The lowest BCUT2D eigenvalue weighted by Gasteiger charge is -2.11. The zero-order valence-electron chi connectivity index (χ0n) is 16.0. The molecule has 3 aromatic rings. The SMILES string of the molecule is CCOC(=O)CCc1nc2cc(Br)ccc2nc1Oc1ccc(C(=O)OC)cc1. The number of benzene rings is 2. The van der Waals surface area contributed by atoms with E-state index in [2.05, 4.69) is 25.9 Å². The van der Waals surface area contributed by atoms with E-state index in [1.165, 1.54) is 7.11 Å². The summed E-state index contributed by atoms with van der Waals surface area (Å²) in [4.78, 5) is 32.5. The molecule has 0 amide bonds. The Morgan fingerprint density at radius 3 is 2.48 bits per heavy atom. The van der Waals surface area contributed by atoms with Crippen molar-refractivity contribution >= 4 is 38.9 Å². The van der Waals surface area contributed by atoms with Crippen molar-refractivity contribution < 1.29 is 23.8 Å². The van der Waals surface area contributed by atoms with Crippen molar-refractivity contribution in [2.45, 2.75) is 19.8 Å². The minimum atomic E-state index is -0.428. The third kappa shape index (κ3) is 5.29. The van der Waals surface area contributed by atoms with Crippen LogP contribution in [0.1, 0.15) is 29.4 Å². The highest BCUT2D eigenvalue weighted by atomic mass is 79.9. The number of hydrogen-bond donors (Lipinski definition) is 0. The number of carbonyl (C=O) groups excluding carboxylic acids is 2. The van der Waals surface area contributed by atoms with Gasteiger partial charge in [-0.25, -0.2) is 14.8 Å². The van der Waals surface area contributed by atoms with Crippen LogP contribution in [0.5, 0.6) is 11.6 Å². The summed E-state index contributed by atoms with van der Waals surface area (Å²) in [6, 6.07) is 12.0. The van der Waals surface area contributed by atoms with E-state index < -0.39 is 5.97 Å². The molecule has 3 rings (SSSR count). The highest BCUT2D eigenvalue weighted by molar-refractivity contribution is 9.10. The smallest absolute Gasteiger partial charge is 0.337 e. The molecule has 0 aliphatic rings. The van der Waals surface area contributed by atoms with Gasteiger partial charge in [-0.05, 0) is 49.4 Å². The van der Waals surface area contributed by atoms with Crippen LogP contribution < -0.4 is 4.74 Å². The van der Waals surface area contributed by atoms with Gasteiger partial charge in [0.25, 0.3) is 0 Å². The maximum Gasteiger partial charge on any atom is 0.337 e. The first-order valence-electron chi connectivity index (χ1n) is 8.98. The van der Waals surface area contributed by atoms with Crippen molar-refractivity contribution in [1.82, 2.24) is 9.97 Å². The number of ether oxygens (including phenoxy) is 3. The normalized spacial score (nSPS) is 10.6. The largest absolute Gasteiger partial charge is 0.466 e. The third-order valence-electron chi connectivity index (χ3n) is 4.02.